The molecule has 1 aromatic rings. The van der Waals surface area contributed by atoms with Gasteiger partial charge in [0.2, 0.25) is 0 Å². The van der Waals surface area contributed by atoms with Crippen LogP contribution in [0.15, 0.2) is 23.2 Å². The van der Waals surface area contributed by atoms with Crippen molar-refractivity contribution in [2.45, 2.75) is 59.8 Å². The quantitative estimate of drug-likeness (QED) is 0.623. The molecule has 1 aromatic carbocycles. The predicted molar refractivity (Wildman–Crippen MR) is 91.9 cm³/mol. The van der Waals surface area contributed by atoms with E-state index in [1.54, 1.807) is 0 Å². The molecule has 0 aromatic heterocycles. The summed E-state index contributed by atoms with van der Waals surface area (Å²) in [6, 6.07) is 6.44. The minimum Gasteiger partial charge on any atom is -0.325 e. The summed E-state index contributed by atoms with van der Waals surface area (Å²) in [5.74, 6) is 0. The van der Waals surface area contributed by atoms with Crippen LogP contribution in [-0.4, -0.2) is 19.0 Å². The fourth-order valence-corrected chi connectivity index (χ4v) is 1.95. The van der Waals surface area contributed by atoms with Crippen molar-refractivity contribution in [2.75, 3.05) is 0 Å². The molecule has 3 heteroatoms. The van der Waals surface area contributed by atoms with Crippen LogP contribution in [0.25, 0.3) is 0 Å². The van der Waals surface area contributed by atoms with Gasteiger partial charge in [0.05, 0.1) is 5.69 Å². The molecule has 0 spiro atoms. The number of aliphatic imine (C=N–C) groups is 1. The molecule has 0 aliphatic rings. The van der Waals surface area contributed by atoms with Gasteiger partial charge in [0.15, 0.2) is 7.28 Å². The maximum Gasteiger partial charge on any atom is 0.151 e. The van der Waals surface area contributed by atoms with Crippen molar-refractivity contribution in [2.24, 2.45) is 16.1 Å². The predicted octanol–water partition coefficient (Wildman–Crippen LogP) is 3.62. The molecule has 0 heterocycles. The van der Waals surface area contributed by atoms with E-state index in [-0.39, 0.29) is 11.0 Å². The molecule has 0 bridgehead atoms. The molecular formula is C17H28BN2. The Bertz CT molecular complexity index is 470. The number of aryl methyl sites for hydroxylation is 1. The Morgan fingerprint density at radius 2 is 1.90 bits per heavy atom. The zero-order valence-electron chi connectivity index (χ0n) is 13.8. The standard InChI is InChI=1S/C17H28BN2/c1-7-20-15-12-14(9-8-13(15)2)18-11-10-16(3,4)17(5,6)19/h7-9,12H,10-11,19H2,1-6H3. The molecule has 2 nitrogen and oxygen atoms in total. The monoisotopic (exact) mass is 271 g/mol. The van der Waals surface area contributed by atoms with Gasteiger partial charge in [0, 0.05) is 11.8 Å². The lowest BCUT2D eigenvalue weighted by Gasteiger charge is -2.38. The van der Waals surface area contributed by atoms with E-state index in [0.29, 0.717) is 0 Å². The summed E-state index contributed by atoms with van der Waals surface area (Å²) in [4.78, 5) is 4.40. The van der Waals surface area contributed by atoms with E-state index in [2.05, 4.69) is 65.1 Å². The number of hydrogen-bond acceptors (Lipinski definition) is 2. The van der Waals surface area contributed by atoms with E-state index in [0.717, 1.165) is 18.4 Å². The highest BCUT2D eigenvalue weighted by atomic mass is 14.7. The van der Waals surface area contributed by atoms with Crippen LogP contribution in [0.2, 0.25) is 6.32 Å². The van der Waals surface area contributed by atoms with Crippen molar-refractivity contribution in [1.29, 1.82) is 0 Å². The summed E-state index contributed by atoms with van der Waals surface area (Å²) in [5, 5.41) is 0. The van der Waals surface area contributed by atoms with Gasteiger partial charge >= 0.3 is 0 Å². The number of nitrogens with zero attached hydrogens (tertiary/aromatic N) is 1. The van der Waals surface area contributed by atoms with Crippen molar-refractivity contribution in [3.8, 4) is 0 Å². The SMILES string of the molecule is CC=Nc1cc([B]CCC(C)(C)C(C)(C)N)ccc1C. The van der Waals surface area contributed by atoms with Gasteiger partial charge in [-0.2, -0.15) is 0 Å². The third-order valence-electron chi connectivity index (χ3n) is 4.40. The molecule has 0 aliphatic carbocycles. The molecule has 0 atom stereocenters. The average Bonchev–Trinajstić information content (AvgIpc) is 2.32. The Kier molecular flexibility index (Phi) is 5.58. The molecule has 1 radical (unpaired) electrons. The summed E-state index contributed by atoms with van der Waals surface area (Å²) in [6.45, 7) is 12.7. The summed E-state index contributed by atoms with van der Waals surface area (Å²) >= 11 is 0. The number of benzene rings is 1. The summed E-state index contributed by atoms with van der Waals surface area (Å²) in [7, 11) is 2.28. The molecule has 0 amide bonds. The Morgan fingerprint density at radius 3 is 2.45 bits per heavy atom. The lowest BCUT2D eigenvalue weighted by atomic mass is 9.61. The van der Waals surface area contributed by atoms with Crippen LogP contribution >= 0.6 is 0 Å². The fourth-order valence-electron chi connectivity index (χ4n) is 1.95. The molecule has 0 aliphatic heterocycles. The second-order valence-corrected chi connectivity index (χ2v) is 6.78. The Balaban J connectivity index is 2.65. The summed E-state index contributed by atoms with van der Waals surface area (Å²) < 4.78 is 0. The van der Waals surface area contributed by atoms with Gasteiger partial charge in [-0.25, -0.2) is 0 Å². The number of nitrogens with two attached hydrogens (primary N) is 1. The highest BCUT2D eigenvalue weighted by Crippen LogP contribution is 2.33. The first kappa shape index (κ1) is 17.0. The van der Waals surface area contributed by atoms with E-state index in [9.17, 15) is 0 Å². The molecule has 0 fully saturated rings. The smallest absolute Gasteiger partial charge is 0.151 e. The third kappa shape index (κ3) is 4.48. The summed E-state index contributed by atoms with van der Waals surface area (Å²) in [6.07, 6.45) is 3.95. The van der Waals surface area contributed by atoms with E-state index in [1.165, 1.54) is 11.0 Å². The van der Waals surface area contributed by atoms with Crippen LogP contribution < -0.4 is 11.2 Å². The van der Waals surface area contributed by atoms with Crippen LogP contribution in [0.5, 0.6) is 0 Å². The van der Waals surface area contributed by atoms with Crippen LogP contribution in [0, 0.1) is 12.3 Å². The van der Waals surface area contributed by atoms with Crippen molar-refractivity contribution in [3.05, 3.63) is 23.8 Å². The molecule has 1 rings (SSSR count). The van der Waals surface area contributed by atoms with Crippen molar-refractivity contribution in [3.63, 3.8) is 0 Å². The second kappa shape index (κ2) is 6.58. The normalized spacial score (nSPS) is 12.9. The highest BCUT2D eigenvalue weighted by Gasteiger charge is 2.32. The minimum absolute atomic E-state index is 0.124. The maximum absolute atomic E-state index is 6.24. The summed E-state index contributed by atoms with van der Waals surface area (Å²) in [5.41, 5.74) is 9.71. The largest absolute Gasteiger partial charge is 0.325 e. The average molecular weight is 271 g/mol. The Morgan fingerprint density at radius 1 is 1.25 bits per heavy atom. The third-order valence-corrected chi connectivity index (χ3v) is 4.40. The van der Waals surface area contributed by atoms with Crippen LogP contribution in [0.1, 0.15) is 46.6 Å². The number of hydrogen-bond donors (Lipinski definition) is 1. The van der Waals surface area contributed by atoms with E-state index in [4.69, 9.17) is 5.73 Å². The van der Waals surface area contributed by atoms with E-state index < -0.39 is 0 Å². The van der Waals surface area contributed by atoms with Gasteiger partial charge in [-0.05, 0) is 44.7 Å². The first-order valence-electron chi connectivity index (χ1n) is 7.39. The Hall–Kier alpha value is -1.09. The maximum atomic E-state index is 6.24. The fraction of sp³-hybridized carbons (Fsp3) is 0.588. The molecular weight excluding hydrogens is 243 g/mol. The van der Waals surface area contributed by atoms with Crippen molar-refractivity contribution < 1.29 is 0 Å². The van der Waals surface area contributed by atoms with E-state index in [1.807, 2.05) is 13.1 Å². The van der Waals surface area contributed by atoms with Crippen molar-refractivity contribution in [1.82, 2.24) is 0 Å². The first-order valence-corrected chi connectivity index (χ1v) is 7.39. The molecule has 109 valence electrons. The Labute approximate surface area is 125 Å². The van der Waals surface area contributed by atoms with Crippen LogP contribution in [0.3, 0.4) is 0 Å². The van der Waals surface area contributed by atoms with Crippen molar-refractivity contribution >= 4 is 24.6 Å². The van der Waals surface area contributed by atoms with Gasteiger partial charge in [-0.1, -0.05) is 44.2 Å². The van der Waals surface area contributed by atoms with E-state index >= 15 is 0 Å². The minimum atomic E-state index is -0.161. The van der Waals surface area contributed by atoms with Crippen LogP contribution in [-0.2, 0) is 0 Å². The zero-order valence-corrected chi connectivity index (χ0v) is 13.8. The van der Waals surface area contributed by atoms with Gasteiger partial charge in [0.25, 0.3) is 0 Å². The number of rotatable bonds is 6. The highest BCUT2D eigenvalue weighted by molar-refractivity contribution is 6.53. The molecule has 20 heavy (non-hydrogen) atoms. The lowest BCUT2D eigenvalue weighted by Crippen LogP contribution is -2.47. The van der Waals surface area contributed by atoms with Gasteiger partial charge in [0.1, 0.15) is 0 Å². The topological polar surface area (TPSA) is 38.4 Å². The first-order chi connectivity index (χ1) is 9.17. The van der Waals surface area contributed by atoms with Gasteiger partial charge < -0.3 is 5.73 Å². The van der Waals surface area contributed by atoms with Gasteiger partial charge in [-0.3, -0.25) is 4.99 Å². The molecule has 0 saturated heterocycles. The molecule has 0 saturated carbocycles. The zero-order chi connectivity index (χ0) is 15.4. The second-order valence-electron chi connectivity index (χ2n) is 6.78. The van der Waals surface area contributed by atoms with Gasteiger partial charge in [-0.15, -0.1) is 0 Å². The molecule has 0 unspecified atom stereocenters. The molecule has 2 N–H and O–H groups in total. The van der Waals surface area contributed by atoms with Crippen LogP contribution in [0.4, 0.5) is 5.69 Å². The lowest BCUT2D eigenvalue weighted by molar-refractivity contribution is 0.194.